The lowest BCUT2D eigenvalue weighted by atomic mass is 9.37. The summed E-state index contributed by atoms with van der Waals surface area (Å²) in [5.41, 5.74) is 2.84. The number of benzene rings is 3. The van der Waals surface area contributed by atoms with E-state index in [1.807, 2.05) is 42.5 Å². The van der Waals surface area contributed by atoms with Crippen LogP contribution in [0.2, 0.25) is 0 Å². The molecule has 0 radical (unpaired) electrons. The smallest absolute Gasteiger partial charge is 0.308 e. The van der Waals surface area contributed by atoms with Gasteiger partial charge in [0.05, 0.1) is 5.41 Å². The number of carbonyl (C=O) groups is 3. The van der Waals surface area contributed by atoms with Crippen molar-refractivity contribution in [3.05, 3.63) is 94.5 Å². The Kier molecular flexibility index (Phi) is 4.24. The summed E-state index contributed by atoms with van der Waals surface area (Å²) >= 11 is 0. The lowest BCUT2D eigenvalue weighted by molar-refractivity contribution is -0.167. The Morgan fingerprint density at radius 3 is 1.81 bits per heavy atom. The zero-order valence-corrected chi connectivity index (χ0v) is 17.8. The topological polar surface area (TPSA) is 78.9 Å². The molecule has 0 spiro atoms. The predicted molar refractivity (Wildman–Crippen MR) is 114 cm³/mol. The van der Waals surface area contributed by atoms with Crippen LogP contribution in [0.1, 0.15) is 48.6 Å². The van der Waals surface area contributed by atoms with Crippen LogP contribution >= 0.6 is 0 Å². The summed E-state index contributed by atoms with van der Waals surface area (Å²) in [5, 5.41) is 0. The first-order valence-corrected chi connectivity index (χ1v) is 10.2. The van der Waals surface area contributed by atoms with Crippen molar-refractivity contribution in [1.82, 2.24) is 0 Å². The SMILES string of the molecule is CC(=O)Oc1ccc([C@@]23c4ccccc4[C@@]2(OC(C)=O)c2cc(OC(C)=O)ccc23)cc1. The molecule has 0 aromatic heterocycles. The van der Waals surface area contributed by atoms with Gasteiger partial charge in [-0.25, -0.2) is 0 Å². The van der Waals surface area contributed by atoms with E-state index in [1.54, 1.807) is 24.3 Å². The number of rotatable bonds is 4. The molecule has 0 aliphatic heterocycles. The highest BCUT2D eigenvalue weighted by Gasteiger charge is 2.76. The van der Waals surface area contributed by atoms with Gasteiger partial charge in [-0.1, -0.05) is 42.5 Å². The Morgan fingerprint density at radius 2 is 1.19 bits per heavy atom. The molecule has 2 aliphatic rings. The van der Waals surface area contributed by atoms with E-state index in [-0.39, 0.29) is 0 Å². The van der Waals surface area contributed by atoms with Gasteiger partial charge in [-0.05, 0) is 41.0 Å². The molecule has 160 valence electrons. The van der Waals surface area contributed by atoms with Gasteiger partial charge in [0.1, 0.15) is 11.5 Å². The molecule has 0 heterocycles. The minimum absolute atomic E-state index is 0.394. The Hall–Kier alpha value is -3.93. The van der Waals surface area contributed by atoms with E-state index in [9.17, 15) is 14.4 Å². The second-order valence-corrected chi connectivity index (χ2v) is 7.99. The Morgan fingerprint density at radius 1 is 0.625 bits per heavy atom. The molecule has 0 saturated heterocycles. The summed E-state index contributed by atoms with van der Waals surface area (Å²) in [6.07, 6.45) is 0. The molecule has 0 N–H and O–H groups in total. The molecular weight excluding hydrogens is 408 g/mol. The van der Waals surface area contributed by atoms with Gasteiger partial charge >= 0.3 is 17.9 Å². The summed E-state index contributed by atoms with van der Waals surface area (Å²) < 4.78 is 16.6. The molecule has 32 heavy (non-hydrogen) atoms. The van der Waals surface area contributed by atoms with E-state index in [0.717, 1.165) is 27.8 Å². The van der Waals surface area contributed by atoms with E-state index in [2.05, 4.69) is 0 Å². The monoisotopic (exact) mass is 428 g/mol. The molecule has 3 aromatic rings. The van der Waals surface area contributed by atoms with Crippen molar-refractivity contribution in [3.8, 4) is 11.5 Å². The normalized spacial score (nSPS) is 21.6. The van der Waals surface area contributed by atoms with Crippen LogP contribution in [-0.2, 0) is 30.1 Å². The van der Waals surface area contributed by atoms with Crippen molar-refractivity contribution in [3.63, 3.8) is 0 Å². The van der Waals surface area contributed by atoms with Crippen molar-refractivity contribution >= 4 is 17.9 Å². The van der Waals surface area contributed by atoms with E-state index >= 15 is 0 Å². The minimum Gasteiger partial charge on any atom is -0.448 e. The first-order chi connectivity index (χ1) is 15.3. The Labute approximate surface area is 184 Å². The van der Waals surface area contributed by atoms with Crippen LogP contribution in [-0.4, -0.2) is 17.9 Å². The van der Waals surface area contributed by atoms with Crippen molar-refractivity contribution in [1.29, 1.82) is 0 Å². The van der Waals surface area contributed by atoms with E-state index in [1.165, 1.54) is 20.8 Å². The highest BCUT2D eigenvalue weighted by molar-refractivity contribution is 5.84. The predicted octanol–water partition coefficient (Wildman–Crippen LogP) is 4.01. The third kappa shape index (κ3) is 2.43. The highest BCUT2D eigenvalue weighted by Crippen LogP contribution is 2.74. The average Bonchev–Trinajstić information content (AvgIpc) is 2.73. The maximum Gasteiger partial charge on any atom is 0.308 e. The molecule has 0 unspecified atom stereocenters. The van der Waals surface area contributed by atoms with Gasteiger partial charge in [0.2, 0.25) is 0 Å². The quantitative estimate of drug-likeness (QED) is 0.462. The number of hydrogen-bond donors (Lipinski definition) is 0. The van der Waals surface area contributed by atoms with E-state index < -0.39 is 28.9 Å². The summed E-state index contributed by atoms with van der Waals surface area (Å²) in [7, 11) is 0. The third-order valence-corrected chi connectivity index (χ3v) is 6.12. The molecule has 6 heteroatoms. The molecule has 6 nitrogen and oxygen atoms in total. The molecule has 2 aliphatic carbocycles. The molecule has 0 amide bonds. The Balaban J connectivity index is 1.74. The fraction of sp³-hybridized carbons (Fsp3) is 0.192. The molecule has 0 bridgehead atoms. The molecule has 0 fully saturated rings. The third-order valence-electron chi connectivity index (χ3n) is 6.12. The summed E-state index contributed by atoms with van der Waals surface area (Å²) in [4.78, 5) is 35.1. The average molecular weight is 428 g/mol. The van der Waals surface area contributed by atoms with Crippen molar-refractivity contribution < 1.29 is 28.6 Å². The number of ether oxygens (including phenoxy) is 3. The fourth-order valence-corrected chi connectivity index (χ4v) is 5.29. The van der Waals surface area contributed by atoms with Crippen molar-refractivity contribution in [2.24, 2.45) is 0 Å². The van der Waals surface area contributed by atoms with Crippen molar-refractivity contribution in [2.45, 2.75) is 31.8 Å². The van der Waals surface area contributed by atoms with Crippen molar-refractivity contribution in [2.75, 3.05) is 0 Å². The van der Waals surface area contributed by atoms with E-state index in [0.29, 0.717) is 11.5 Å². The van der Waals surface area contributed by atoms with Crippen LogP contribution < -0.4 is 9.47 Å². The molecule has 5 rings (SSSR count). The van der Waals surface area contributed by atoms with Crippen LogP contribution in [0.15, 0.2) is 66.7 Å². The molecule has 3 aromatic carbocycles. The number of esters is 3. The summed E-state index contributed by atoms with van der Waals surface area (Å²) in [6, 6.07) is 20.5. The molecular formula is C26H20O6. The highest BCUT2D eigenvalue weighted by atomic mass is 16.6. The van der Waals surface area contributed by atoms with Crippen LogP contribution in [0.25, 0.3) is 0 Å². The van der Waals surface area contributed by atoms with Gasteiger partial charge in [0.25, 0.3) is 0 Å². The van der Waals surface area contributed by atoms with Gasteiger partial charge in [0, 0.05) is 31.9 Å². The Bertz CT molecular complexity index is 1290. The van der Waals surface area contributed by atoms with Crippen LogP contribution in [0.4, 0.5) is 0 Å². The summed E-state index contributed by atoms with van der Waals surface area (Å²) in [6.45, 7) is 4.08. The minimum atomic E-state index is -1.04. The second kappa shape index (κ2) is 6.79. The standard InChI is InChI=1S/C26H20O6/c1-15(27)30-19-10-8-18(9-11-19)25-21-6-4-5-7-23(21)26(25,32-17(3)29)24-14-20(31-16(2)28)12-13-22(24)25/h4-14H,1-3H3/t25-,26+/m0/s1. The maximum absolute atomic E-state index is 12.3. The number of fused-ring (bicyclic) bond motifs is 7. The van der Waals surface area contributed by atoms with Gasteiger partial charge in [-0.15, -0.1) is 0 Å². The van der Waals surface area contributed by atoms with Gasteiger partial charge in [0.15, 0.2) is 5.60 Å². The first-order valence-electron chi connectivity index (χ1n) is 10.2. The van der Waals surface area contributed by atoms with Crippen LogP contribution in [0.5, 0.6) is 11.5 Å². The fourth-order valence-electron chi connectivity index (χ4n) is 5.29. The first kappa shape index (κ1) is 20.0. The number of carbonyl (C=O) groups excluding carboxylic acids is 3. The molecule has 2 atom stereocenters. The zero-order chi connectivity index (χ0) is 22.7. The van der Waals surface area contributed by atoms with Crippen LogP contribution in [0, 0.1) is 0 Å². The lowest BCUT2D eigenvalue weighted by Crippen LogP contribution is -2.69. The number of hydrogen-bond acceptors (Lipinski definition) is 6. The van der Waals surface area contributed by atoms with Crippen LogP contribution in [0.3, 0.4) is 0 Å². The summed E-state index contributed by atoms with van der Waals surface area (Å²) in [5.74, 6) is -0.402. The lowest BCUT2D eigenvalue weighted by Gasteiger charge is -2.67. The second-order valence-electron chi connectivity index (χ2n) is 7.99. The van der Waals surface area contributed by atoms with E-state index in [4.69, 9.17) is 14.2 Å². The van der Waals surface area contributed by atoms with Gasteiger partial charge in [-0.3, -0.25) is 14.4 Å². The van der Waals surface area contributed by atoms with Gasteiger partial charge < -0.3 is 14.2 Å². The maximum atomic E-state index is 12.3. The van der Waals surface area contributed by atoms with Gasteiger partial charge in [-0.2, -0.15) is 0 Å². The molecule has 0 saturated carbocycles. The largest absolute Gasteiger partial charge is 0.448 e. The zero-order valence-electron chi connectivity index (χ0n) is 17.8.